The first-order chi connectivity index (χ1) is 9.12. The third kappa shape index (κ3) is 4.56. The number of rotatable bonds is 7. The summed E-state index contributed by atoms with van der Waals surface area (Å²) in [4.78, 5) is 11.9. The molecule has 0 aliphatic heterocycles. The minimum Gasteiger partial charge on any atom is -0.496 e. The molecule has 2 atom stereocenters. The molecular formula is C15H24N2O2. The summed E-state index contributed by atoms with van der Waals surface area (Å²) >= 11 is 0. The lowest BCUT2D eigenvalue weighted by Crippen LogP contribution is -2.40. The van der Waals surface area contributed by atoms with Gasteiger partial charge in [0.15, 0.2) is 0 Å². The first-order valence-electron chi connectivity index (χ1n) is 6.74. The van der Waals surface area contributed by atoms with Gasteiger partial charge in [-0.05, 0) is 31.4 Å². The van der Waals surface area contributed by atoms with Gasteiger partial charge >= 0.3 is 0 Å². The van der Waals surface area contributed by atoms with Crippen LogP contribution in [0.25, 0.3) is 0 Å². The molecule has 4 heteroatoms. The van der Waals surface area contributed by atoms with Gasteiger partial charge in [0.1, 0.15) is 5.75 Å². The average Bonchev–Trinajstić information content (AvgIpc) is 2.40. The first-order valence-corrected chi connectivity index (χ1v) is 6.74. The zero-order chi connectivity index (χ0) is 14.3. The summed E-state index contributed by atoms with van der Waals surface area (Å²) < 4.78 is 5.31. The van der Waals surface area contributed by atoms with E-state index < -0.39 is 0 Å². The molecule has 4 nitrogen and oxygen atoms in total. The fourth-order valence-corrected chi connectivity index (χ4v) is 2.07. The van der Waals surface area contributed by atoms with Gasteiger partial charge in [-0.15, -0.1) is 0 Å². The molecular weight excluding hydrogens is 240 g/mol. The second-order valence-corrected chi connectivity index (χ2v) is 4.77. The molecule has 2 unspecified atom stereocenters. The highest BCUT2D eigenvalue weighted by Crippen LogP contribution is 2.18. The maximum atomic E-state index is 11.9. The van der Waals surface area contributed by atoms with E-state index in [1.807, 2.05) is 38.1 Å². The molecule has 0 aromatic heterocycles. The lowest BCUT2D eigenvalue weighted by Gasteiger charge is -2.19. The fourth-order valence-electron chi connectivity index (χ4n) is 2.07. The molecule has 0 radical (unpaired) electrons. The number of hydrogen-bond acceptors (Lipinski definition) is 3. The summed E-state index contributed by atoms with van der Waals surface area (Å²) in [6.45, 7) is 4.36. The summed E-state index contributed by atoms with van der Waals surface area (Å²) in [7, 11) is 1.66. The lowest BCUT2D eigenvalue weighted by molar-refractivity contribution is -0.125. The predicted octanol–water partition coefficient (Wildman–Crippen LogP) is 1.73. The first kappa shape index (κ1) is 15.5. The Labute approximate surface area is 115 Å². The molecule has 0 fully saturated rings. The van der Waals surface area contributed by atoms with Gasteiger partial charge in [-0.25, -0.2) is 0 Å². The van der Waals surface area contributed by atoms with E-state index in [-0.39, 0.29) is 17.9 Å². The van der Waals surface area contributed by atoms with Crippen molar-refractivity contribution < 1.29 is 9.53 Å². The van der Waals surface area contributed by atoms with Gasteiger partial charge in [-0.2, -0.15) is 0 Å². The van der Waals surface area contributed by atoms with Gasteiger partial charge in [-0.3, -0.25) is 4.79 Å². The van der Waals surface area contributed by atoms with Crippen molar-refractivity contribution in [3.63, 3.8) is 0 Å². The van der Waals surface area contributed by atoms with Crippen molar-refractivity contribution in [2.45, 2.75) is 32.7 Å². The van der Waals surface area contributed by atoms with Gasteiger partial charge < -0.3 is 15.8 Å². The van der Waals surface area contributed by atoms with Gasteiger partial charge in [0, 0.05) is 18.5 Å². The number of methoxy groups -OCH3 is 1. The van der Waals surface area contributed by atoms with Crippen molar-refractivity contribution in [1.82, 2.24) is 5.32 Å². The number of hydrogen-bond donors (Lipinski definition) is 2. The standard InChI is InChI=1S/C15H24N2O2/c1-4-12(10-16)15(18)17-11(2)9-13-7-5-6-8-14(13)19-3/h5-8,11-12H,4,9-10,16H2,1-3H3,(H,17,18). The van der Waals surface area contributed by atoms with Gasteiger partial charge in [-0.1, -0.05) is 25.1 Å². The Bertz CT molecular complexity index is 403. The largest absolute Gasteiger partial charge is 0.496 e. The third-order valence-corrected chi connectivity index (χ3v) is 3.26. The van der Waals surface area contributed by atoms with E-state index in [2.05, 4.69) is 5.32 Å². The number of para-hydroxylation sites is 1. The molecule has 1 aromatic rings. The maximum absolute atomic E-state index is 11.9. The van der Waals surface area contributed by atoms with Crippen molar-refractivity contribution >= 4 is 5.91 Å². The number of carbonyl (C=O) groups excluding carboxylic acids is 1. The van der Waals surface area contributed by atoms with Crippen molar-refractivity contribution in [3.05, 3.63) is 29.8 Å². The second kappa shape index (κ2) is 7.79. The van der Waals surface area contributed by atoms with Crippen LogP contribution in [0.15, 0.2) is 24.3 Å². The van der Waals surface area contributed by atoms with Crippen LogP contribution in [0.1, 0.15) is 25.8 Å². The van der Waals surface area contributed by atoms with Crippen LogP contribution in [0.2, 0.25) is 0 Å². The Morgan fingerprint density at radius 3 is 2.68 bits per heavy atom. The zero-order valence-electron chi connectivity index (χ0n) is 12.0. The van der Waals surface area contributed by atoms with Crippen molar-refractivity contribution in [3.8, 4) is 5.75 Å². The number of carbonyl (C=O) groups is 1. The Morgan fingerprint density at radius 2 is 2.11 bits per heavy atom. The molecule has 3 N–H and O–H groups in total. The molecule has 0 spiro atoms. The average molecular weight is 264 g/mol. The Kier molecular flexibility index (Phi) is 6.36. The number of nitrogens with one attached hydrogen (secondary N) is 1. The van der Waals surface area contributed by atoms with Crippen molar-refractivity contribution in [2.24, 2.45) is 11.7 Å². The minimum atomic E-state index is -0.0971. The number of amides is 1. The van der Waals surface area contributed by atoms with Crippen LogP contribution in [-0.4, -0.2) is 25.6 Å². The molecule has 0 saturated carbocycles. The molecule has 1 amide bonds. The summed E-state index contributed by atoms with van der Waals surface area (Å²) in [5, 5.41) is 3.01. The monoisotopic (exact) mass is 264 g/mol. The highest BCUT2D eigenvalue weighted by Gasteiger charge is 2.17. The van der Waals surface area contributed by atoms with E-state index in [9.17, 15) is 4.79 Å². The van der Waals surface area contributed by atoms with E-state index >= 15 is 0 Å². The normalized spacial score (nSPS) is 13.7. The highest BCUT2D eigenvalue weighted by atomic mass is 16.5. The molecule has 0 saturated heterocycles. The summed E-state index contributed by atoms with van der Waals surface area (Å²) in [6, 6.07) is 7.92. The van der Waals surface area contributed by atoms with Gasteiger partial charge in [0.25, 0.3) is 0 Å². The van der Waals surface area contributed by atoms with Crippen LogP contribution in [-0.2, 0) is 11.2 Å². The quantitative estimate of drug-likeness (QED) is 0.788. The summed E-state index contributed by atoms with van der Waals surface area (Å²) in [5.41, 5.74) is 6.67. The third-order valence-electron chi connectivity index (χ3n) is 3.26. The number of ether oxygens (including phenoxy) is 1. The molecule has 0 bridgehead atoms. The molecule has 106 valence electrons. The SMILES string of the molecule is CCC(CN)C(=O)NC(C)Cc1ccccc1OC. The van der Waals surface area contributed by atoms with E-state index in [1.54, 1.807) is 7.11 Å². The van der Waals surface area contributed by atoms with E-state index in [0.29, 0.717) is 6.54 Å². The van der Waals surface area contributed by atoms with Crippen molar-refractivity contribution in [2.75, 3.05) is 13.7 Å². The topological polar surface area (TPSA) is 64.4 Å². The van der Waals surface area contributed by atoms with E-state index in [0.717, 1.165) is 24.2 Å². The Hall–Kier alpha value is -1.55. The number of benzene rings is 1. The smallest absolute Gasteiger partial charge is 0.224 e. The van der Waals surface area contributed by atoms with E-state index in [4.69, 9.17) is 10.5 Å². The fraction of sp³-hybridized carbons (Fsp3) is 0.533. The van der Waals surface area contributed by atoms with Crippen LogP contribution in [0, 0.1) is 5.92 Å². The number of nitrogens with two attached hydrogens (primary N) is 1. The second-order valence-electron chi connectivity index (χ2n) is 4.77. The minimum absolute atomic E-state index is 0.0346. The van der Waals surface area contributed by atoms with E-state index in [1.165, 1.54) is 0 Å². The molecule has 1 aromatic carbocycles. The summed E-state index contributed by atoms with van der Waals surface area (Å²) in [5.74, 6) is 0.794. The van der Waals surface area contributed by atoms with Gasteiger partial charge in [0.05, 0.1) is 7.11 Å². The Morgan fingerprint density at radius 1 is 1.42 bits per heavy atom. The highest BCUT2D eigenvalue weighted by molar-refractivity contribution is 5.79. The molecule has 19 heavy (non-hydrogen) atoms. The molecule has 0 aliphatic carbocycles. The lowest BCUT2D eigenvalue weighted by atomic mass is 10.0. The van der Waals surface area contributed by atoms with Crippen LogP contribution in [0.5, 0.6) is 5.75 Å². The molecule has 1 rings (SSSR count). The maximum Gasteiger partial charge on any atom is 0.224 e. The predicted molar refractivity (Wildman–Crippen MR) is 77.1 cm³/mol. The van der Waals surface area contributed by atoms with Crippen LogP contribution < -0.4 is 15.8 Å². The van der Waals surface area contributed by atoms with Crippen LogP contribution >= 0.6 is 0 Å². The molecule has 0 heterocycles. The molecule has 0 aliphatic rings. The Balaban J connectivity index is 2.60. The zero-order valence-corrected chi connectivity index (χ0v) is 12.0. The van der Waals surface area contributed by atoms with Gasteiger partial charge in [0.2, 0.25) is 5.91 Å². The van der Waals surface area contributed by atoms with Crippen LogP contribution in [0.4, 0.5) is 0 Å². The summed E-state index contributed by atoms with van der Waals surface area (Å²) in [6.07, 6.45) is 1.51. The van der Waals surface area contributed by atoms with Crippen LogP contribution in [0.3, 0.4) is 0 Å². The van der Waals surface area contributed by atoms with Crippen molar-refractivity contribution in [1.29, 1.82) is 0 Å².